The van der Waals surface area contributed by atoms with Gasteiger partial charge >= 0.3 is 0 Å². The first-order valence-electron chi connectivity index (χ1n) is 47.8. The number of aromatic amines is 4. The van der Waals surface area contributed by atoms with Crippen molar-refractivity contribution in [2.45, 2.75) is 90.1 Å². The van der Waals surface area contributed by atoms with Gasteiger partial charge in [0.1, 0.15) is 23.3 Å². The normalized spacial score (nSPS) is 16.2. The molecule has 138 heavy (non-hydrogen) atoms. The van der Waals surface area contributed by atoms with Gasteiger partial charge in [0, 0.05) is 198 Å². The molecule has 0 unspecified atom stereocenters. The lowest BCUT2D eigenvalue weighted by molar-refractivity contribution is 0.0341. The first-order valence-corrected chi connectivity index (χ1v) is 47.8. The van der Waals surface area contributed by atoms with Crippen LogP contribution in [-0.4, -0.2) is 253 Å². The van der Waals surface area contributed by atoms with Crippen molar-refractivity contribution >= 4 is 113 Å². The minimum atomic E-state index is -0.281. The lowest BCUT2D eigenvalue weighted by Crippen LogP contribution is -2.37. The fraction of sp³-hybridized carbons (Fsp3) is 0.308. The second kappa shape index (κ2) is 41.2. The Kier molecular flexibility index (Phi) is 26.6. The lowest BCUT2D eigenvalue weighted by Gasteiger charge is -2.31. The number of ether oxygens (including phenoxy) is 1. The molecule has 4 amide bonds. The number of fused-ring (bicyclic) bond motifs is 4. The number of likely N-dealkylation sites (tertiary alicyclic amines) is 3. The van der Waals surface area contributed by atoms with Gasteiger partial charge in [0.25, 0.3) is 23.6 Å². The number of aromatic nitrogens is 16. The molecule has 34 nitrogen and oxygen atoms in total. The molecule has 4 aromatic carbocycles. The number of nitrogens with zero attached hydrogens (tertiary/aromatic N) is 20. The molecule has 0 radical (unpaired) electrons. The minimum Gasteiger partial charge on any atom is -0.393 e. The Morgan fingerprint density at radius 2 is 0.551 bits per heavy atom. The summed E-state index contributed by atoms with van der Waals surface area (Å²) in [6.45, 7) is 21.6. The molecule has 0 spiro atoms. The third-order valence-corrected chi connectivity index (χ3v) is 26.8. The van der Waals surface area contributed by atoms with Crippen LogP contribution in [0.4, 0.5) is 46.0 Å². The zero-order chi connectivity index (χ0) is 93.2. The molecule has 9 N–H and O–H groups in total. The average molecular weight is 1850 g/mol. The Morgan fingerprint density at radius 1 is 0.290 bits per heavy atom. The Bertz CT molecular complexity index is 7010. The smallest absolute Gasteiger partial charge is 0.276 e. The van der Waals surface area contributed by atoms with E-state index in [1.54, 1.807) is 24.8 Å². The number of pyridine rings is 8. The molecule has 0 saturated carbocycles. The van der Waals surface area contributed by atoms with Gasteiger partial charge in [-0.2, -0.15) is 20.4 Å². The number of carbonyl (C=O) groups is 4. The van der Waals surface area contributed by atoms with E-state index in [0.29, 0.717) is 45.5 Å². The fourth-order valence-corrected chi connectivity index (χ4v) is 18.3. The van der Waals surface area contributed by atoms with Crippen molar-refractivity contribution in [1.29, 1.82) is 0 Å². The number of rotatable bonds is 24. The van der Waals surface area contributed by atoms with Crippen LogP contribution in [0.1, 0.15) is 122 Å². The second-order valence-corrected chi connectivity index (χ2v) is 36.5. The quantitative estimate of drug-likeness (QED) is 0.0271. The number of piperidine rings is 1. The zero-order valence-corrected chi connectivity index (χ0v) is 76.7. The van der Waals surface area contributed by atoms with Crippen molar-refractivity contribution < 1.29 is 29.0 Å². The van der Waals surface area contributed by atoms with Crippen molar-refractivity contribution in [1.82, 2.24) is 100 Å². The molecular formula is C104H108N28O6. The van der Waals surface area contributed by atoms with Gasteiger partial charge in [-0.15, -0.1) is 0 Å². The SMILES string of the molecule is O=C(Nc1ccc(N2CCC2)nc1)c1n[nH]c2ccc(-c3cncc(CN4CCC(O)CC4)c3)cc12.O=C(Nc1ccc(N2CCC2)nc1)c1n[nH]c2ccc(-c3cncc(CN4CCC4)c3)cc12.O=C(Nc1ccc(N2CCC2)nc1)c1n[nH]c2ccc(-c3cncc(CN4CCCC4)c3)cc12.O=C(Nc1ccc(N2CCC2)nc1)c1n[nH]c2ccc(-c3cncc(CN4CCOCC4)c3)cc12. The van der Waals surface area contributed by atoms with Gasteiger partial charge in [-0.25, -0.2) is 19.9 Å². The maximum atomic E-state index is 13.1. The van der Waals surface area contributed by atoms with Gasteiger partial charge in [-0.05, 0) is 250 Å². The molecule has 8 fully saturated rings. The third kappa shape index (κ3) is 20.9. The van der Waals surface area contributed by atoms with Gasteiger partial charge in [-0.3, -0.25) is 79.1 Å². The van der Waals surface area contributed by atoms with Crippen molar-refractivity contribution in [2.75, 3.05) is 159 Å². The number of H-pyrrole nitrogens is 4. The van der Waals surface area contributed by atoms with E-state index in [-0.39, 0.29) is 29.7 Å². The summed E-state index contributed by atoms with van der Waals surface area (Å²) in [6.07, 6.45) is 31.9. The summed E-state index contributed by atoms with van der Waals surface area (Å²) in [7, 11) is 0. The van der Waals surface area contributed by atoms with Gasteiger partial charge in [0.15, 0.2) is 22.8 Å². The van der Waals surface area contributed by atoms with Gasteiger partial charge in [0.2, 0.25) is 0 Å². The Morgan fingerprint density at radius 3 is 0.797 bits per heavy atom. The number of benzene rings is 4. The predicted molar refractivity (Wildman–Crippen MR) is 534 cm³/mol. The number of morpholine rings is 1. The van der Waals surface area contributed by atoms with E-state index >= 15 is 0 Å². The number of nitrogens with one attached hydrogen (secondary N) is 8. The lowest BCUT2D eigenvalue weighted by atomic mass is 10.0. The van der Waals surface area contributed by atoms with E-state index in [9.17, 15) is 24.3 Å². The molecule has 8 aliphatic rings. The third-order valence-electron chi connectivity index (χ3n) is 26.8. The van der Waals surface area contributed by atoms with Crippen LogP contribution in [0.2, 0.25) is 0 Å². The number of anilines is 8. The van der Waals surface area contributed by atoms with E-state index in [4.69, 9.17) is 4.74 Å². The molecule has 0 bridgehead atoms. The molecule has 34 heteroatoms. The van der Waals surface area contributed by atoms with Crippen LogP contribution in [0.3, 0.4) is 0 Å². The maximum absolute atomic E-state index is 13.1. The van der Waals surface area contributed by atoms with Crippen molar-refractivity contribution in [2.24, 2.45) is 0 Å². The molecule has 700 valence electrons. The van der Waals surface area contributed by atoms with Crippen LogP contribution in [0.25, 0.3) is 88.1 Å². The highest BCUT2D eigenvalue weighted by molar-refractivity contribution is 6.15. The van der Waals surface area contributed by atoms with Crippen molar-refractivity contribution in [3.05, 3.63) is 265 Å². The number of hydrogen-bond donors (Lipinski definition) is 9. The number of hydrogen-bond acceptors (Lipinski definition) is 26. The van der Waals surface area contributed by atoms with Crippen molar-refractivity contribution in [3.63, 3.8) is 0 Å². The van der Waals surface area contributed by atoms with Crippen LogP contribution in [-0.2, 0) is 30.9 Å². The van der Waals surface area contributed by atoms with Crippen LogP contribution >= 0.6 is 0 Å². The summed E-state index contributed by atoms with van der Waals surface area (Å²) in [5.41, 5.74) is 20.0. The standard InChI is InChI=1S/C27H29N7O2.C26H27N7O2.C26H27N7O.C25H25N7O/c35-22-6-10-33(11-7-22)17-18-12-20(15-28-14-18)19-2-4-24-23(13-19)26(32-31-24)27(36)30-21-3-5-25(29-16-21)34-8-1-9-34;34-26(29-21-3-5-24(28-16-21)33-6-1-7-33)25-22-13-19(2-4-23(22)30-31-25)20-12-18(14-27-15-20)17-32-8-10-35-11-9-32;34-26(29-21-5-7-24(28-16-21)33-10-3-11-33)25-22-13-19(4-6-23(22)30-31-25)20-12-18(14-27-15-20)17-32-8-1-2-9-32;33-25(28-20-4-6-23(27-15-20)32-9-2-10-32)24-21-12-18(3-5-22(21)29-30-24)19-11-17(13-26-14-19)16-31-7-1-8-31/h2-5,12-16,22,35H,1,6-11,17H2,(H,30,36)(H,31,32);2-5,12-16H,1,6-11,17H2,(H,29,34)(H,30,31);4-7,12-16H,1-3,8-11,17H2,(H,29,34)(H,30,31);3-6,11-15H,1-2,7-10,16H2,(H,28,33)(H,29,30). The molecular weight excluding hydrogens is 1740 g/mol. The number of aliphatic hydroxyl groups is 1. The summed E-state index contributed by atoms with van der Waals surface area (Å²) in [6, 6.07) is 47.9. The topological polar surface area (TPSA) is 390 Å². The fourth-order valence-electron chi connectivity index (χ4n) is 18.3. The molecule has 24 rings (SSSR count). The van der Waals surface area contributed by atoms with E-state index in [1.165, 1.54) is 56.1 Å². The summed E-state index contributed by atoms with van der Waals surface area (Å²) in [4.78, 5) is 106. The first kappa shape index (κ1) is 89.3. The monoisotopic (exact) mass is 1840 g/mol. The molecule has 20 heterocycles. The largest absolute Gasteiger partial charge is 0.393 e. The summed E-state index contributed by atoms with van der Waals surface area (Å²) >= 11 is 0. The number of amides is 4. The number of aliphatic hydroxyl groups excluding tert-OH is 1. The predicted octanol–water partition coefficient (Wildman–Crippen LogP) is 14.5. The molecule has 8 saturated heterocycles. The van der Waals surface area contributed by atoms with E-state index in [2.05, 4.69) is 165 Å². The Balaban J connectivity index is 0.000000110. The van der Waals surface area contributed by atoms with Crippen molar-refractivity contribution in [3.8, 4) is 44.5 Å². The second-order valence-electron chi connectivity index (χ2n) is 36.5. The van der Waals surface area contributed by atoms with E-state index in [1.807, 2.05) is 171 Å². The molecule has 12 aromatic heterocycles. The highest BCUT2D eigenvalue weighted by atomic mass is 16.5. The molecule has 16 aromatic rings. The summed E-state index contributed by atoms with van der Waals surface area (Å²) in [5, 5.41) is 53.6. The number of carbonyl (C=O) groups excluding carboxylic acids is 4. The zero-order valence-electron chi connectivity index (χ0n) is 76.7. The van der Waals surface area contributed by atoms with E-state index < -0.39 is 0 Å². The van der Waals surface area contributed by atoms with Gasteiger partial charge in [0.05, 0.1) is 88.9 Å². The minimum absolute atomic E-state index is 0.181. The van der Waals surface area contributed by atoms with Crippen LogP contribution in [0.15, 0.2) is 220 Å². The summed E-state index contributed by atoms with van der Waals surface area (Å²) in [5.74, 6) is 2.68. The van der Waals surface area contributed by atoms with Gasteiger partial charge < -0.3 is 50.7 Å². The van der Waals surface area contributed by atoms with Crippen LogP contribution < -0.4 is 40.9 Å². The van der Waals surface area contributed by atoms with Crippen LogP contribution in [0.5, 0.6) is 0 Å². The Hall–Kier alpha value is -15.2. The summed E-state index contributed by atoms with van der Waals surface area (Å²) < 4.78 is 5.45. The molecule has 0 aliphatic carbocycles. The Labute approximate surface area is 796 Å². The highest BCUT2D eigenvalue weighted by Crippen LogP contribution is 2.35. The highest BCUT2D eigenvalue weighted by Gasteiger charge is 2.27. The first-order chi connectivity index (χ1) is 67.8. The average Bonchev–Trinajstić information content (AvgIpc) is 1.65. The molecule has 0 atom stereocenters. The van der Waals surface area contributed by atoms with Gasteiger partial charge in [-0.1, -0.05) is 24.3 Å². The van der Waals surface area contributed by atoms with E-state index in [0.717, 1.165) is 279 Å². The molecule has 8 aliphatic heterocycles. The van der Waals surface area contributed by atoms with Crippen LogP contribution in [0, 0.1) is 0 Å². The maximum Gasteiger partial charge on any atom is 0.276 e.